The molecule has 1 saturated carbocycles. The van der Waals surface area contributed by atoms with Crippen molar-refractivity contribution in [3.8, 4) is 5.75 Å². The molecule has 1 aromatic heterocycles. The summed E-state index contributed by atoms with van der Waals surface area (Å²) in [6.45, 7) is 1.79. The smallest absolute Gasteiger partial charge is 0.314 e. The molecule has 0 amide bonds. The number of ether oxygens (including phenoxy) is 1. The van der Waals surface area contributed by atoms with E-state index in [1.54, 1.807) is 25.1 Å². The van der Waals surface area contributed by atoms with Gasteiger partial charge in [-0.2, -0.15) is 0 Å². The number of esters is 1. The van der Waals surface area contributed by atoms with E-state index < -0.39 is 0 Å². The van der Waals surface area contributed by atoms with Crippen molar-refractivity contribution >= 4 is 17.1 Å². The van der Waals surface area contributed by atoms with Gasteiger partial charge < -0.3 is 9.15 Å². The van der Waals surface area contributed by atoms with Gasteiger partial charge in [-0.25, -0.2) is 4.98 Å². The molecule has 0 saturated heterocycles. The lowest BCUT2D eigenvalue weighted by Gasteiger charge is -2.22. The van der Waals surface area contributed by atoms with E-state index in [9.17, 15) is 4.79 Å². The normalized spacial score (nSPS) is 15.8. The van der Waals surface area contributed by atoms with E-state index in [1.165, 1.54) is 0 Å². The molecule has 1 aromatic carbocycles. The molecular formula is C13H13NO3. The standard InChI is InChI=1S/C13H13NO3/c1-8-14-11-7-10(5-6-12(11)16-8)17-13(15)9-3-2-4-9/h5-7,9H,2-4H2,1H3. The highest BCUT2D eigenvalue weighted by molar-refractivity contribution is 5.79. The summed E-state index contributed by atoms with van der Waals surface area (Å²) in [5.41, 5.74) is 1.44. The molecule has 0 unspecified atom stereocenters. The second-order valence-corrected chi connectivity index (χ2v) is 4.41. The molecule has 4 heteroatoms. The fourth-order valence-electron chi connectivity index (χ4n) is 1.93. The number of rotatable bonds is 2. The van der Waals surface area contributed by atoms with Crippen molar-refractivity contribution < 1.29 is 13.9 Å². The summed E-state index contributed by atoms with van der Waals surface area (Å²) in [5, 5.41) is 0. The first-order valence-corrected chi connectivity index (χ1v) is 5.81. The minimum atomic E-state index is -0.129. The molecule has 0 spiro atoms. The third kappa shape index (κ3) is 1.90. The quantitative estimate of drug-likeness (QED) is 0.589. The van der Waals surface area contributed by atoms with Gasteiger partial charge in [-0.15, -0.1) is 0 Å². The highest BCUT2D eigenvalue weighted by Crippen LogP contribution is 2.29. The fourth-order valence-corrected chi connectivity index (χ4v) is 1.93. The molecule has 1 aliphatic carbocycles. The number of aryl methyl sites for hydroxylation is 1. The molecule has 2 aromatic rings. The van der Waals surface area contributed by atoms with Crippen molar-refractivity contribution in [3.63, 3.8) is 0 Å². The maximum absolute atomic E-state index is 11.7. The lowest BCUT2D eigenvalue weighted by molar-refractivity contribution is -0.141. The van der Waals surface area contributed by atoms with Gasteiger partial charge in [0.25, 0.3) is 0 Å². The lowest BCUT2D eigenvalue weighted by atomic mass is 9.86. The lowest BCUT2D eigenvalue weighted by Crippen LogP contribution is -2.26. The maximum atomic E-state index is 11.7. The van der Waals surface area contributed by atoms with Crippen LogP contribution in [0.5, 0.6) is 5.75 Å². The summed E-state index contributed by atoms with van der Waals surface area (Å²) in [7, 11) is 0. The molecule has 0 radical (unpaired) electrons. The summed E-state index contributed by atoms with van der Waals surface area (Å²) in [6, 6.07) is 5.25. The number of hydrogen-bond donors (Lipinski definition) is 0. The zero-order valence-electron chi connectivity index (χ0n) is 9.60. The Balaban J connectivity index is 1.82. The van der Waals surface area contributed by atoms with E-state index in [4.69, 9.17) is 9.15 Å². The van der Waals surface area contributed by atoms with Crippen LogP contribution < -0.4 is 4.74 Å². The summed E-state index contributed by atoms with van der Waals surface area (Å²) >= 11 is 0. The molecule has 0 bridgehead atoms. The molecule has 3 rings (SSSR count). The van der Waals surface area contributed by atoms with Crippen LogP contribution in [-0.4, -0.2) is 11.0 Å². The van der Waals surface area contributed by atoms with Crippen LogP contribution in [0, 0.1) is 12.8 Å². The third-order valence-corrected chi connectivity index (χ3v) is 3.12. The van der Waals surface area contributed by atoms with Crippen molar-refractivity contribution in [2.75, 3.05) is 0 Å². The number of hydrogen-bond acceptors (Lipinski definition) is 4. The minimum absolute atomic E-state index is 0.0877. The number of carbonyl (C=O) groups is 1. The third-order valence-electron chi connectivity index (χ3n) is 3.12. The van der Waals surface area contributed by atoms with Crippen molar-refractivity contribution in [2.45, 2.75) is 26.2 Å². The van der Waals surface area contributed by atoms with Crippen LogP contribution in [-0.2, 0) is 4.79 Å². The second kappa shape index (κ2) is 3.87. The van der Waals surface area contributed by atoms with E-state index >= 15 is 0 Å². The Kier molecular flexibility index (Phi) is 2.35. The molecule has 1 fully saturated rings. The van der Waals surface area contributed by atoms with Crippen molar-refractivity contribution in [3.05, 3.63) is 24.1 Å². The predicted octanol–water partition coefficient (Wildman–Crippen LogP) is 2.84. The topological polar surface area (TPSA) is 52.3 Å². The highest BCUT2D eigenvalue weighted by Gasteiger charge is 2.27. The van der Waals surface area contributed by atoms with Gasteiger partial charge in [0.2, 0.25) is 0 Å². The van der Waals surface area contributed by atoms with E-state index in [1.807, 2.05) is 0 Å². The number of nitrogens with zero attached hydrogens (tertiary/aromatic N) is 1. The highest BCUT2D eigenvalue weighted by atomic mass is 16.5. The molecule has 0 aliphatic heterocycles. The van der Waals surface area contributed by atoms with Crippen LogP contribution in [0.1, 0.15) is 25.2 Å². The van der Waals surface area contributed by atoms with Crippen LogP contribution in [0.3, 0.4) is 0 Å². The van der Waals surface area contributed by atoms with Gasteiger partial charge >= 0.3 is 5.97 Å². The SMILES string of the molecule is Cc1nc2cc(OC(=O)C3CCC3)ccc2o1. The summed E-state index contributed by atoms with van der Waals surface area (Å²) in [5.74, 6) is 1.12. The molecule has 4 nitrogen and oxygen atoms in total. The van der Waals surface area contributed by atoms with E-state index in [0.29, 0.717) is 17.2 Å². The Morgan fingerprint density at radius 3 is 3.00 bits per heavy atom. The monoisotopic (exact) mass is 231 g/mol. The van der Waals surface area contributed by atoms with Crippen LogP contribution in [0.15, 0.2) is 22.6 Å². The maximum Gasteiger partial charge on any atom is 0.314 e. The van der Waals surface area contributed by atoms with Crippen LogP contribution in [0.25, 0.3) is 11.1 Å². The summed E-state index contributed by atoms with van der Waals surface area (Å²) in [4.78, 5) is 15.9. The van der Waals surface area contributed by atoms with Gasteiger partial charge in [0.15, 0.2) is 11.5 Å². The van der Waals surface area contributed by atoms with E-state index in [0.717, 1.165) is 24.8 Å². The predicted molar refractivity (Wildman–Crippen MR) is 61.7 cm³/mol. The van der Waals surface area contributed by atoms with E-state index in [2.05, 4.69) is 4.98 Å². The van der Waals surface area contributed by atoms with Crippen LogP contribution in [0.2, 0.25) is 0 Å². The van der Waals surface area contributed by atoms with Crippen molar-refractivity contribution in [1.82, 2.24) is 4.98 Å². The largest absolute Gasteiger partial charge is 0.441 e. The Hall–Kier alpha value is -1.84. The Morgan fingerprint density at radius 2 is 2.29 bits per heavy atom. The Morgan fingerprint density at radius 1 is 1.47 bits per heavy atom. The zero-order valence-corrected chi connectivity index (χ0v) is 9.60. The molecular weight excluding hydrogens is 218 g/mol. The fraction of sp³-hybridized carbons (Fsp3) is 0.385. The number of fused-ring (bicyclic) bond motifs is 1. The van der Waals surface area contributed by atoms with Gasteiger partial charge in [0, 0.05) is 13.0 Å². The summed E-state index contributed by atoms with van der Waals surface area (Å²) in [6.07, 6.45) is 3.02. The van der Waals surface area contributed by atoms with Crippen molar-refractivity contribution in [1.29, 1.82) is 0 Å². The first-order chi connectivity index (χ1) is 8.22. The van der Waals surface area contributed by atoms with Crippen molar-refractivity contribution in [2.24, 2.45) is 5.92 Å². The average molecular weight is 231 g/mol. The van der Waals surface area contributed by atoms with Crippen LogP contribution in [0.4, 0.5) is 0 Å². The van der Waals surface area contributed by atoms with Crippen LogP contribution >= 0.6 is 0 Å². The molecule has 0 atom stereocenters. The molecule has 1 aliphatic rings. The Bertz CT molecular complexity index is 569. The summed E-state index contributed by atoms with van der Waals surface area (Å²) < 4.78 is 10.7. The number of oxazole rings is 1. The van der Waals surface area contributed by atoms with Gasteiger partial charge in [-0.3, -0.25) is 4.79 Å². The second-order valence-electron chi connectivity index (χ2n) is 4.41. The van der Waals surface area contributed by atoms with E-state index in [-0.39, 0.29) is 11.9 Å². The Labute approximate surface area is 98.6 Å². The molecule has 0 N–H and O–H groups in total. The first-order valence-electron chi connectivity index (χ1n) is 5.81. The molecule has 17 heavy (non-hydrogen) atoms. The van der Waals surface area contributed by atoms with Gasteiger partial charge in [0.05, 0.1) is 5.92 Å². The first kappa shape index (κ1) is 10.3. The minimum Gasteiger partial charge on any atom is -0.441 e. The van der Waals surface area contributed by atoms with Gasteiger partial charge in [-0.1, -0.05) is 6.42 Å². The number of carbonyl (C=O) groups excluding carboxylic acids is 1. The molecule has 1 heterocycles. The van der Waals surface area contributed by atoms with Gasteiger partial charge in [0.1, 0.15) is 11.3 Å². The molecule has 88 valence electrons. The average Bonchev–Trinajstić information content (AvgIpc) is 2.54. The van der Waals surface area contributed by atoms with Gasteiger partial charge in [-0.05, 0) is 25.0 Å². The number of aromatic nitrogens is 1. The number of benzene rings is 1. The zero-order chi connectivity index (χ0) is 11.8.